The molecule has 0 spiro atoms. The number of hydrogen-bond donors (Lipinski definition) is 0. The van der Waals surface area contributed by atoms with E-state index in [-0.39, 0.29) is 6.10 Å². The third kappa shape index (κ3) is 4.75. The molecule has 0 bridgehead atoms. The van der Waals surface area contributed by atoms with E-state index in [2.05, 4.69) is 46.3 Å². The van der Waals surface area contributed by atoms with Crippen LogP contribution in [0.3, 0.4) is 0 Å². The van der Waals surface area contributed by atoms with E-state index >= 15 is 0 Å². The summed E-state index contributed by atoms with van der Waals surface area (Å²) in [6.07, 6.45) is 5.26. The highest BCUT2D eigenvalue weighted by molar-refractivity contribution is 5.22. The number of ether oxygens (including phenoxy) is 1. The van der Waals surface area contributed by atoms with Crippen molar-refractivity contribution in [2.24, 2.45) is 7.05 Å². The Bertz CT molecular complexity index is 758. The average Bonchev–Trinajstić information content (AvgIpc) is 3.06. The van der Waals surface area contributed by atoms with E-state index in [4.69, 9.17) is 4.74 Å². The minimum atomic E-state index is -0.161. The van der Waals surface area contributed by atoms with Gasteiger partial charge in [-0.25, -0.2) is 0 Å². The molecule has 1 unspecified atom stereocenters. The predicted octanol–water partition coefficient (Wildman–Crippen LogP) is 3.05. The van der Waals surface area contributed by atoms with Gasteiger partial charge in [0.15, 0.2) is 0 Å². The lowest BCUT2D eigenvalue weighted by Crippen LogP contribution is -2.24. The van der Waals surface area contributed by atoms with Crippen LogP contribution >= 0.6 is 0 Å². The minimum Gasteiger partial charge on any atom is -0.366 e. The van der Waals surface area contributed by atoms with Gasteiger partial charge in [-0.1, -0.05) is 36.4 Å². The van der Waals surface area contributed by atoms with Gasteiger partial charge in [0.05, 0.1) is 12.3 Å². The predicted molar refractivity (Wildman–Crippen MR) is 98.0 cm³/mol. The Morgan fingerprint density at radius 3 is 2.60 bits per heavy atom. The maximum Gasteiger partial charge on any atom is 0.126 e. The van der Waals surface area contributed by atoms with Gasteiger partial charge in [0.1, 0.15) is 6.10 Å². The van der Waals surface area contributed by atoms with Gasteiger partial charge in [-0.05, 0) is 24.7 Å². The van der Waals surface area contributed by atoms with E-state index < -0.39 is 0 Å². The van der Waals surface area contributed by atoms with Gasteiger partial charge < -0.3 is 4.74 Å². The summed E-state index contributed by atoms with van der Waals surface area (Å²) in [5.74, 6) is 0. The molecule has 1 aromatic carbocycles. The Morgan fingerprint density at radius 1 is 1.08 bits per heavy atom. The van der Waals surface area contributed by atoms with Crippen LogP contribution in [0.5, 0.6) is 0 Å². The van der Waals surface area contributed by atoms with Gasteiger partial charge >= 0.3 is 0 Å². The van der Waals surface area contributed by atoms with Gasteiger partial charge in [0.2, 0.25) is 0 Å². The van der Waals surface area contributed by atoms with Crippen molar-refractivity contribution in [3.8, 4) is 0 Å². The first-order chi connectivity index (χ1) is 12.2. The number of hydrogen-bond acceptors (Lipinski definition) is 4. The lowest BCUT2D eigenvalue weighted by Gasteiger charge is -2.21. The van der Waals surface area contributed by atoms with E-state index in [0.717, 1.165) is 24.3 Å². The molecule has 0 aliphatic heterocycles. The molecular formula is C20H24N4O. The van der Waals surface area contributed by atoms with Crippen LogP contribution in [-0.4, -0.2) is 39.9 Å². The maximum absolute atomic E-state index is 6.22. The van der Waals surface area contributed by atoms with E-state index in [1.54, 1.807) is 12.4 Å². The van der Waals surface area contributed by atoms with Crippen molar-refractivity contribution in [1.82, 2.24) is 19.7 Å². The first-order valence-electron chi connectivity index (χ1n) is 8.46. The second-order valence-corrected chi connectivity index (χ2v) is 6.14. The molecule has 0 amide bonds. The Hall–Kier alpha value is -2.50. The highest BCUT2D eigenvalue weighted by Crippen LogP contribution is 2.24. The van der Waals surface area contributed by atoms with E-state index in [1.807, 2.05) is 42.2 Å². The van der Waals surface area contributed by atoms with Crippen LogP contribution in [0.1, 0.15) is 22.9 Å². The van der Waals surface area contributed by atoms with Crippen LogP contribution < -0.4 is 0 Å². The molecule has 130 valence electrons. The summed E-state index contributed by atoms with van der Waals surface area (Å²) >= 11 is 0. The van der Waals surface area contributed by atoms with Gasteiger partial charge in [-0.3, -0.25) is 14.6 Å². The maximum atomic E-state index is 6.22. The summed E-state index contributed by atoms with van der Waals surface area (Å²) in [5.41, 5.74) is 3.37. The van der Waals surface area contributed by atoms with Crippen LogP contribution in [0.25, 0.3) is 0 Å². The second kappa shape index (κ2) is 8.55. The van der Waals surface area contributed by atoms with Crippen LogP contribution in [0.2, 0.25) is 0 Å². The van der Waals surface area contributed by atoms with Crippen molar-refractivity contribution in [3.63, 3.8) is 0 Å². The van der Waals surface area contributed by atoms with Gasteiger partial charge in [-0.2, -0.15) is 5.10 Å². The highest BCUT2D eigenvalue weighted by atomic mass is 16.5. The van der Waals surface area contributed by atoms with Crippen molar-refractivity contribution in [1.29, 1.82) is 0 Å². The molecule has 0 saturated carbocycles. The number of nitrogens with zero attached hydrogens (tertiary/aromatic N) is 4. The van der Waals surface area contributed by atoms with Crippen LogP contribution in [0.15, 0.2) is 67.1 Å². The van der Waals surface area contributed by atoms with Crippen molar-refractivity contribution < 1.29 is 4.74 Å². The summed E-state index contributed by atoms with van der Waals surface area (Å²) in [6.45, 7) is 2.39. The fourth-order valence-corrected chi connectivity index (χ4v) is 2.83. The zero-order valence-electron chi connectivity index (χ0n) is 14.7. The molecular weight excluding hydrogens is 312 g/mol. The number of aryl methyl sites for hydroxylation is 1. The van der Waals surface area contributed by atoms with Crippen molar-refractivity contribution in [3.05, 3.63) is 83.9 Å². The summed E-state index contributed by atoms with van der Waals surface area (Å²) in [4.78, 5) is 6.49. The molecule has 2 heterocycles. The molecule has 0 aliphatic rings. The topological polar surface area (TPSA) is 43.2 Å². The Morgan fingerprint density at radius 2 is 1.92 bits per heavy atom. The summed E-state index contributed by atoms with van der Waals surface area (Å²) in [5, 5.41) is 4.27. The average molecular weight is 336 g/mol. The fourth-order valence-electron chi connectivity index (χ4n) is 2.83. The molecule has 0 aliphatic carbocycles. The molecule has 3 rings (SSSR count). The van der Waals surface area contributed by atoms with E-state index in [1.165, 1.54) is 5.56 Å². The van der Waals surface area contributed by atoms with Crippen molar-refractivity contribution in [2.75, 3.05) is 20.2 Å². The van der Waals surface area contributed by atoms with Gasteiger partial charge in [-0.15, -0.1) is 0 Å². The minimum absolute atomic E-state index is 0.161. The highest BCUT2D eigenvalue weighted by Gasteiger charge is 2.18. The number of rotatable bonds is 8. The van der Waals surface area contributed by atoms with E-state index in [9.17, 15) is 0 Å². The standard InChI is InChI=1S/C20H24N4O/c1-23(16-17-7-4-3-5-8-17)13-14-25-20(18-9-6-11-21-15-18)19-10-12-22-24(19)2/h3-12,15,20H,13-14,16H2,1-2H3. The molecule has 5 nitrogen and oxygen atoms in total. The van der Waals surface area contributed by atoms with Crippen molar-refractivity contribution in [2.45, 2.75) is 12.6 Å². The molecule has 0 radical (unpaired) electrons. The molecule has 0 N–H and O–H groups in total. The van der Waals surface area contributed by atoms with Crippen molar-refractivity contribution >= 4 is 0 Å². The number of benzene rings is 1. The summed E-state index contributed by atoms with van der Waals surface area (Å²) < 4.78 is 8.07. The largest absolute Gasteiger partial charge is 0.366 e. The summed E-state index contributed by atoms with van der Waals surface area (Å²) in [6, 6.07) is 16.4. The van der Waals surface area contributed by atoms with Gasteiger partial charge in [0.25, 0.3) is 0 Å². The number of aromatic nitrogens is 3. The first-order valence-corrected chi connectivity index (χ1v) is 8.46. The fraction of sp³-hybridized carbons (Fsp3) is 0.300. The molecule has 2 aromatic heterocycles. The molecule has 1 atom stereocenters. The van der Waals surface area contributed by atoms with Crippen LogP contribution in [0, 0.1) is 0 Å². The van der Waals surface area contributed by atoms with Crippen LogP contribution in [0.4, 0.5) is 0 Å². The molecule has 3 aromatic rings. The first kappa shape index (κ1) is 17.3. The number of pyridine rings is 1. The zero-order chi connectivity index (χ0) is 17.5. The summed E-state index contributed by atoms with van der Waals surface area (Å²) in [7, 11) is 4.04. The monoisotopic (exact) mass is 336 g/mol. The zero-order valence-corrected chi connectivity index (χ0v) is 14.7. The quantitative estimate of drug-likeness (QED) is 0.634. The normalized spacial score (nSPS) is 12.4. The molecule has 0 saturated heterocycles. The SMILES string of the molecule is CN(CCOC(c1cccnc1)c1ccnn1C)Cc1ccccc1. The Kier molecular flexibility index (Phi) is 5.93. The Balaban J connectivity index is 1.61. The van der Waals surface area contributed by atoms with Gasteiger partial charge in [0, 0.05) is 44.3 Å². The molecule has 25 heavy (non-hydrogen) atoms. The lowest BCUT2D eigenvalue weighted by atomic mass is 10.1. The van der Waals surface area contributed by atoms with E-state index in [0.29, 0.717) is 6.61 Å². The molecule has 5 heteroatoms. The second-order valence-electron chi connectivity index (χ2n) is 6.14. The Labute approximate surface area is 148 Å². The number of likely N-dealkylation sites (N-methyl/N-ethyl adjacent to an activating group) is 1. The molecule has 0 fully saturated rings. The smallest absolute Gasteiger partial charge is 0.126 e. The third-order valence-electron chi connectivity index (χ3n) is 4.17. The van der Waals surface area contributed by atoms with Crippen LogP contribution in [-0.2, 0) is 18.3 Å². The lowest BCUT2D eigenvalue weighted by molar-refractivity contribution is 0.0588. The third-order valence-corrected chi connectivity index (χ3v) is 4.17.